The second-order valence-electron chi connectivity index (χ2n) is 3.74. The summed E-state index contributed by atoms with van der Waals surface area (Å²) >= 11 is -1.43. The van der Waals surface area contributed by atoms with E-state index in [-0.39, 0.29) is 0 Å². The molecule has 0 N–H and O–H groups in total. The fourth-order valence-electron chi connectivity index (χ4n) is 1.43. The van der Waals surface area contributed by atoms with E-state index in [0.717, 1.165) is 16.8 Å². The first-order valence-electron chi connectivity index (χ1n) is 4.68. The Morgan fingerprint density at radius 1 is 1.15 bits per heavy atom. The van der Waals surface area contributed by atoms with Crippen LogP contribution in [0.5, 0.6) is 11.5 Å². The van der Waals surface area contributed by atoms with E-state index in [1.165, 1.54) is 0 Å². The molecule has 0 atom stereocenters. The molecule has 0 saturated carbocycles. The SMILES string of the molecule is CC(C)[CH2][Al]1[O]c2ccccc2[O]1. The van der Waals surface area contributed by atoms with Crippen molar-refractivity contribution in [3.63, 3.8) is 0 Å². The average molecular weight is 192 g/mol. The smallest absolute Gasteiger partial charge is 0.609 e. The summed E-state index contributed by atoms with van der Waals surface area (Å²) in [6.45, 7) is 4.39. The van der Waals surface area contributed by atoms with Gasteiger partial charge in [-0.05, 0) is 17.4 Å². The molecular weight excluding hydrogens is 179 g/mol. The van der Waals surface area contributed by atoms with Crippen molar-refractivity contribution in [1.82, 2.24) is 0 Å². The van der Waals surface area contributed by atoms with Gasteiger partial charge in [0.05, 0.1) is 0 Å². The van der Waals surface area contributed by atoms with Crippen LogP contribution in [0.15, 0.2) is 24.3 Å². The van der Waals surface area contributed by atoms with Crippen LogP contribution in [0.1, 0.15) is 13.8 Å². The summed E-state index contributed by atoms with van der Waals surface area (Å²) in [6.07, 6.45) is 0. The maximum atomic E-state index is 5.73. The van der Waals surface area contributed by atoms with Crippen LogP contribution in [0.2, 0.25) is 5.28 Å². The number of fused-ring (bicyclic) bond motifs is 1. The Hall–Kier alpha value is -0.648. The van der Waals surface area contributed by atoms with Gasteiger partial charge in [-0.2, -0.15) is 0 Å². The lowest BCUT2D eigenvalue weighted by Gasteiger charge is -2.04. The number of benzene rings is 1. The molecule has 0 fully saturated rings. The second-order valence-corrected chi connectivity index (χ2v) is 5.54. The predicted octanol–water partition coefficient (Wildman–Crippen LogP) is 2.60. The summed E-state index contributed by atoms with van der Waals surface area (Å²) in [5.41, 5.74) is 0. The third kappa shape index (κ3) is 1.99. The van der Waals surface area contributed by atoms with Crippen LogP contribution in [0, 0.1) is 5.92 Å². The average Bonchev–Trinajstić information content (AvgIpc) is 2.44. The zero-order valence-electron chi connectivity index (χ0n) is 7.99. The van der Waals surface area contributed by atoms with Crippen LogP contribution in [-0.4, -0.2) is 14.8 Å². The summed E-state index contributed by atoms with van der Waals surface area (Å²) < 4.78 is 11.5. The van der Waals surface area contributed by atoms with Gasteiger partial charge in [-0.15, -0.1) is 0 Å². The molecule has 68 valence electrons. The normalized spacial score (nSPS) is 13.9. The third-order valence-corrected chi connectivity index (χ3v) is 4.39. The van der Waals surface area contributed by atoms with Gasteiger partial charge in [-0.1, -0.05) is 31.9 Å². The van der Waals surface area contributed by atoms with Gasteiger partial charge in [0, 0.05) is 0 Å². The molecule has 1 aliphatic heterocycles. The van der Waals surface area contributed by atoms with Gasteiger partial charge in [0.2, 0.25) is 0 Å². The Kier molecular flexibility index (Phi) is 2.48. The number of para-hydroxylation sites is 2. The lowest BCUT2D eigenvalue weighted by atomic mass is 10.3. The summed E-state index contributed by atoms with van der Waals surface area (Å²) in [4.78, 5) is 0. The van der Waals surface area contributed by atoms with Crippen LogP contribution >= 0.6 is 0 Å². The van der Waals surface area contributed by atoms with Crippen molar-refractivity contribution in [2.75, 3.05) is 0 Å². The van der Waals surface area contributed by atoms with Gasteiger partial charge in [-0.25, -0.2) is 0 Å². The lowest BCUT2D eigenvalue weighted by molar-refractivity contribution is 0.478. The Bertz CT molecular complexity index is 274. The van der Waals surface area contributed by atoms with Crippen molar-refractivity contribution < 1.29 is 7.58 Å². The Morgan fingerprint density at radius 3 is 2.15 bits per heavy atom. The molecule has 0 saturated heterocycles. The van der Waals surface area contributed by atoms with Gasteiger partial charge in [0.25, 0.3) is 0 Å². The zero-order valence-corrected chi connectivity index (χ0v) is 9.14. The van der Waals surface area contributed by atoms with E-state index in [1.807, 2.05) is 24.3 Å². The number of hydrogen-bond acceptors (Lipinski definition) is 2. The Morgan fingerprint density at radius 2 is 1.69 bits per heavy atom. The maximum absolute atomic E-state index is 5.73. The van der Waals surface area contributed by atoms with Gasteiger partial charge < -0.3 is 7.58 Å². The van der Waals surface area contributed by atoms with Crippen LogP contribution in [0.4, 0.5) is 0 Å². The molecule has 1 aromatic rings. The zero-order chi connectivity index (χ0) is 9.26. The Balaban J connectivity index is 2.05. The third-order valence-electron chi connectivity index (χ3n) is 2.03. The summed E-state index contributed by atoms with van der Waals surface area (Å²) in [6, 6.07) is 7.91. The molecule has 2 nitrogen and oxygen atoms in total. The van der Waals surface area contributed by atoms with Crippen molar-refractivity contribution in [1.29, 1.82) is 0 Å². The second kappa shape index (κ2) is 3.61. The summed E-state index contributed by atoms with van der Waals surface area (Å²) in [7, 11) is 0. The molecule has 0 unspecified atom stereocenters. The molecule has 0 bridgehead atoms. The molecule has 0 amide bonds. The highest BCUT2D eigenvalue weighted by Gasteiger charge is 2.39. The van der Waals surface area contributed by atoms with Crippen LogP contribution < -0.4 is 7.58 Å². The minimum absolute atomic E-state index is 0.658. The first-order chi connectivity index (χ1) is 6.25. The fourth-order valence-corrected chi connectivity index (χ4v) is 3.40. The van der Waals surface area contributed by atoms with E-state index < -0.39 is 14.8 Å². The molecule has 1 aromatic carbocycles. The first-order valence-corrected chi connectivity index (χ1v) is 6.44. The molecule has 1 aliphatic rings. The van der Waals surface area contributed by atoms with E-state index in [2.05, 4.69) is 13.8 Å². The molecule has 2 rings (SSSR count). The van der Waals surface area contributed by atoms with Gasteiger partial charge in [-0.3, -0.25) is 0 Å². The quantitative estimate of drug-likeness (QED) is 0.670. The molecular formula is C10H13AlO2. The minimum atomic E-state index is -1.43. The van der Waals surface area contributed by atoms with Gasteiger partial charge in [0.15, 0.2) is 0 Å². The van der Waals surface area contributed by atoms with Crippen molar-refractivity contribution in [3.8, 4) is 11.5 Å². The highest BCUT2D eigenvalue weighted by atomic mass is 27.2. The fraction of sp³-hybridized carbons (Fsp3) is 0.400. The highest BCUT2D eigenvalue weighted by Crippen LogP contribution is 2.34. The van der Waals surface area contributed by atoms with Crippen LogP contribution in [0.3, 0.4) is 0 Å². The largest absolute Gasteiger partial charge is 0.857 e. The molecule has 0 spiro atoms. The monoisotopic (exact) mass is 192 g/mol. The molecule has 13 heavy (non-hydrogen) atoms. The van der Waals surface area contributed by atoms with E-state index >= 15 is 0 Å². The topological polar surface area (TPSA) is 18.5 Å². The van der Waals surface area contributed by atoms with Crippen LogP contribution in [0.25, 0.3) is 0 Å². The van der Waals surface area contributed by atoms with Crippen LogP contribution in [-0.2, 0) is 0 Å². The van der Waals surface area contributed by atoms with Crippen molar-refractivity contribution >= 4 is 14.8 Å². The molecule has 3 heteroatoms. The molecule has 0 aliphatic carbocycles. The van der Waals surface area contributed by atoms with E-state index in [9.17, 15) is 0 Å². The van der Waals surface area contributed by atoms with Crippen molar-refractivity contribution in [2.45, 2.75) is 19.1 Å². The first kappa shape index (κ1) is 8.93. The number of hydrogen-bond donors (Lipinski definition) is 0. The molecule has 0 aromatic heterocycles. The number of rotatable bonds is 2. The Labute approximate surface area is 83.5 Å². The molecule has 1 heterocycles. The standard InChI is InChI=1S/C6H6O2.C4H9.Al/c7-5-3-1-2-4-6(5)8;1-4(2)3;/h1-4,7-8H;4H,1H2,2-3H3;/q;;+2/p-2. The predicted molar refractivity (Wildman–Crippen MR) is 53.1 cm³/mol. The molecule has 0 radical (unpaired) electrons. The minimum Gasteiger partial charge on any atom is -0.609 e. The lowest BCUT2D eigenvalue weighted by Crippen LogP contribution is -2.25. The van der Waals surface area contributed by atoms with Gasteiger partial charge >= 0.3 is 14.8 Å². The van der Waals surface area contributed by atoms with Gasteiger partial charge in [0.1, 0.15) is 11.5 Å². The van der Waals surface area contributed by atoms with Crippen molar-refractivity contribution in [3.05, 3.63) is 24.3 Å². The highest BCUT2D eigenvalue weighted by molar-refractivity contribution is 6.47. The van der Waals surface area contributed by atoms with E-state index in [4.69, 9.17) is 7.58 Å². The van der Waals surface area contributed by atoms with E-state index in [0.29, 0.717) is 5.92 Å². The maximum Gasteiger partial charge on any atom is 0.857 e. The summed E-state index contributed by atoms with van der Waals surface area (Å²) in [5.74, 6) is 2.52. The van der Waals surface area contributed by atoms with Crippen molar-refractivity contribution in [2.24, 2.45) is 5.92 Å². The van der Waals surface area contributed by atoms with E-state index in [1.54, 1.807) is 0 Å². The summed E-state index contributed by atoms with van der Waals surface area (Å²) in [5, 5.41) is 1.08.